The van der Waals surface area contributed by atoms with Crippen molar-refractivity contribution in [1.29, 1.82) is 0 Å². The summed E-state index contributed by atoms with van der Waals surface area (Å²) in [5.41, 5.74) is 8.25. The van der Waals surface area contributed by atoms with Crippen molar-refractivity contribution in [2.75, 3.05) is 20.1 Å². The standard InChI is InChI=1S/C29H37N5O3/c1-19(2)25(33(17-9-16-30)28(36)23-14-12-20(3)13-15-23)26-32-21(4)24(27(35)31-5)29(37)34(26)18-22-10-7-6-8-11-22/h6-8,10-15,19,25H,9,16-18,30H2,1-5H3,(H,31,35). The first kappa shape index (κ1) is 27.8. The van der Waals surface area contributed by atoms with Crippen molar-refractivity contribution in [2.45, 2.75) is 46.7 Å². The molecule has 8 nitrogen and oxygen atoms in total. The summed E-state index contributed by atoms with van der Waals surface area (Å²) in [5.74, 6) is -0.265. The summed E-state index contributed by atoms with van der Waals surface area (Å²) >= 11 is 0. The van der Waals surface area contributed by atoms with Gasteiger partial charge in [-0.3, -0.25) is 19.0 Å². The number of nitrogens with one attached hydrogen (secondary N) is 1. The first-order chi connectivity index (χ1) is 17.7. The Balaban J connectivity index is 2.24. The molecule has 1 unspecified atom stereocenters. The maximum absolute atomic E-state index is 13.8. The predicted molar refractivity (Wildman–Crippen MR) is 146 cm³/mol. The van der Waals surface area contributed by atoms with Gasteiger partial charge >= 0.3 is 0 Å². The second-order valence-corrected chi connectivity index (χ2v) is 9.58. The Kier molecular flexibility index (Phi) is 9.36. The number of benzene rings is 2. The minimum atomic E-state index is -0.519. The third-order valence-electron chi connectivity index (χ3n) is 6.41. The van der Waals surface area contributed by atoms with Gasteiger partial charge in [-0.05, 0) is 50.4 Å². The molecule has 3 aromatic rings. The van der Waals surface area contributed by atoms with Crippen LogP contribution in [0.3, 0.4) is 0 Å². The van der Waals surface area contributed by atoms with E-state index in [1.807, 2.05) is 75.4 Å². The minimum absolute atomic E-state index is 0.00283. The Bertz CT molecular complexity index is 1280. The lowest BCUT2D eigenvalue weighted by atomic mass is 9.98. The highest BCUT2D eigenvalue weighted by atomic mass is 16.2. The van der Waals surface area contributed by atoms with Crippen LogP contribution in [0.4, 0.5) is 0 Å². The number of aryl methyl sites for hydroxylation is 2. The number of nitrogens with zero attached hydrogens (tertiary/aromatic N) is 3. The smallest absolute Gasteiger partial charge is 0.267 e. The largest absolute Gasteiger partial charge is 0.355 e. The van der Waals surface area contributed by atoms with Crippen LogP contribution in [-0.4, -0.2) is 46.4 Å². The quantitative estimate of drug-likeness (QED) is 0.440. The molecule has 1 atom stereocenters. The van der Waals surface area contributed by atoms with Gasteiger partial charge in [0.1, 0.15) is 11.4 Å². The van der Waals surface area contributed by atoms with E-state index in [0.717, 1.165) is 11.1 Å². The normalized spacial score (nSPS) is 11.9. The number of nitrogens with two attached hydrogens (primary N) is 1. The first-order valence-corrected chi connectivity index (χ1v) is 12.6. The molecule has 37 heavy (non-hydrogen) atoms. The molecule has 0 bridgehead atoms. The zero-order chi connectivity index (χ0) is 27.1. The molecule has 2 amide bonds. The van der Waals surface area contributed by atoms with Gasteiger partial charge in [-0.25, -0.2) is 4.98 Å². The minimum Gasteiger partial charge on any atom is -0.355 e. The second-order valence-electron chi connectivity index (χ2n) is 9.58. The van der Waals surface area contributed by atoms with Gasteiger partial charge in [0.15, 0.2) is 0 Å². The molecule has 2 aromatic carbocycles. The van der Waals surface area contributed by atoms with Gasteiger partial charge in [-0.15, -0.1) is 0 Å². The van der Waals surface area contributed by atoms with E-state index >= 15 is 0 Å². The number of hydrogen-bond acceptors (Lipinski definition) is 5. The maximum atomic E-state index is 13.8. The molecule has 196 valence electrons. The van der Waals surface area contributed by atoms with E-state index in [1.54, 1.807) is 11.8 Å². The molecule has 0 saturated carbocycles. The van der Waals surface area contributed by atoms with E-state index in [-0.39, 0.29) is 23.9 Å². The SMILES string of the molecule is CNC(=O)c1c(C)nc(C(C(C)C)N(CCCN)C(=O)c2ccc(C)cc2)n(Cc2ccccc2)c1=O. The number of carbonyl (C=O) groups is 2. The van der Waals surface area contributed by atoms with Crippen LogP contribution in [0.1, 0.15) is 69.7 Å². The number of rotatable bonds is 10. The van der Waals surface area contributed by atoms with E-state index in [2.05, 4.69) is 5.32 Å². The zero-order valence-electron chi connectivity index (χ0n) is 22.3. The van der Waals surface area contributed by atoms with E-state index < -0.39 is 17.5 Å². The lowest BCUT2D eigenvalue weighted by Gasteiger charge is -2.36. The van der Waals surface area contributed by atoms with Gasteiger partial charge < -0.3 is 16.0 Å². The summed E-state index contributed by atoms with van der Waals surface area (Å²) in [6, 6.07) is 16.5. The Hall–Kier alpha value is -3.78. The van der Waals surface area contributed by atoms with Gasteiger partial charge in [0.05, 0.1) is 18.3 Å². The van der Waals surface area contributed by atoms with Crippen LogP contribution in [0.25, 0.3) is 0 Å². The highest BCUT2D eigenvalue weighted by molar-refractivity contribution is 5.95. The average molecular weight is 504 g/mol. The number of hydrogen-bond donors (Lipinski definition) is 2. The third-order valence-corrected chi connectivity index (χ3v) is 6.41. The van der Waals surface area contributed by atoms with Gasteiger partial charge in [0, 0.05) is 19.2 Å². The zero-order valence-corrected chi connectivity index (χ0v) is 22.3. The van der Waals surface area contributed by atoms with Crippen LogP contribution in [0, 0.1) is 19.8 Å². The van der Waals surface area contributed by atoms with Crippen molar-refractivity contribution in [3.63, 3.8) is 0 Å². The number of amides is 2. The summed E-state index contributed by atoms with van der Waals surface area (Å²) in [5, 5.41) is 2.55. The van der Waals surface area contributed by atoms with Gasteiger partial charge in [-0.1, -0.05) is 61.9 Å². The number of aromatic nitrogens is 2. The number of carbonyl (C=O) groups excluding carboxylic acids is 2. The van der Waals surface area contributed by atoms with E-state index in [4.69, 9.17) is 10.7 Å². The topological polar surface area (TPSA) is 110 Å². The summed E-state index contributed by atoms with van der Waals surface area (Å²) in [6.45, 7) is 8.68. The molecular formula is C29H37N5O3. The Morgan fingerprint density at radius 3 is 2.27 bits per heavy atom. The van der Waals surface area contributed by atoms with Crippen LogP contribution in [0.5, 0.6) is 0 Å². The fourth-order valence-electron chi connectivity index (χ4n) is 4.50. The molecule has 0 fully saturated rings. The Morgan fingerprint density at radius 2 is 1.70 bits per heavy atom. The van der Waals surface area contributed by atoms with Crippen LogP contribution >= 0.6 is 0 Å². The third kappa shape index (κ3) is 6.32. The maximum Gasteiger partial charge on any atom is 0.267 e. The lowest BCUT2D eigenvalue weighted by molar-refractivity contribution is 0.0601. The fraction of sp³-hybridized carbons (Fsp3) is 0.379. The van der Waals surface area contributed by atoms with Crippen LogP contribution < -0.4 is 16.6 Å². The molecule has 0 radical (unpaired) electrons. The summed E-state index contributed by atoms with van der Waals surface area (Å²) in [7, 11) is 1.49. The molecule has 1 heterocycles. The molecule has 0 aliphatic heterocycles. The van der Waals surface area contributed by atoms with Crippen LogP contribution in [0.15, 0.2) is 59.4 Å². The van der Waals surface area contributed by atoms with Crippen molar-refractivity contribution < 1.29 is 9.59 Å². The predicted octanol–water partition coefficient (Wildman–Crippen LogP) is 3.46. The molecule has 3 rings (SSSR count). The lowest BCUT2D eigenvalue weighted by Crippen LogP contribution is -2.44. The van der Waals surface area contributed by atoms with Crippen molar-refractivity contribution in [1.82, 2.24) is 19.8 Å². The van der Waals surface area contributed by atoms with E-state index in [9.17, 15) is 14.4 Å². The van der Waals surface area contributed by atoms with Crippen LogP contribution in [-0.2, 0) is 6.54 Å². The summed E-state index contributed by atoms with van der Waals surface area (Å²) in [6.07, 6.45) is 0.596. The Labute approximate surface area is 218 Å². The monoisotopic (exact) mass is 503 g/mol. The van der Waals surface area contributed by atoms with E-state index in [0.29, 0.717) is 36.6 Å². The van der Waals surface area contributed by atoms with Crippen molar-refractivity contribution in [3.05, 3.63) is 98.7 Å². The molecule has 1 aromatic heterocycles. The molecule has 3 N–H and O–H groups in total. The van der Waals surface area contributed by atoms with Crippen molar-refractivity contribution in [3.8, 4) is 0 Å². The summed E-state index contributed by atoms with van der Waals surface area (Å²) < 4.78 is 1.54. The van der Waals surface area contributed by atoms with Crippen molar-refractivity contribution >= 4 is 11.8 Å². The fourth-order valence-corrected chi connectivity index (χ4v) is 4.50. The molecule has 0 saturated heterocycles. The van der Waals surface area contributed by atoms with Gasteiger partial charge in [-0.2, -0.15) is 0 Å². The molecule has 0 aliphatic rings. The highest BCUT2D eigenvalue weighted by Crippen LogP contribution is 2.30. The molecule has 0 aliphatic carbocycles. The first-order valence-electron chi connectivity index (χ1n) is 12.6. The molecule has 8 heteroatoms. The highest BCUT2D eigenvalue weighted by Gasteiger charge is 2.33. The summed E-state index contributed by atoms with van der Waals surface area (Å²) in [4.78, 5) is 46.9. The second kappa shape index (κ2) is 12.5. The molecular weight excluding hydrogens is 466 g/mol. The van der Waals surface area contributed by atoms with E-state index in [1.165, 1.54) is 11.6 Å². The van der Waals surface area contributed by atoms with Gasteiger partial charge in [0.25, 0.3) is 17.4 Å². The van der Waals surface area contributed by atoms with Gasteiger partial charge in [0.2, 0.25) is 0 Å². The average Bonchev–Trinajstić information content (AvgIpc) is 2.88. The van der Waals surface area contributed by atoms with Crippen molar-refractivity contribution in [2.24, 2.45) is 11.7 Å². The van der Waals surface area contributed by atoms with Crippen LogP contribution in [0.2, 0.25) is 0 Å². The Morgan fingerprint density at radius 1 is 1.05 bits per heavy atom. The molecule has 0 spiro atoms.